The smallest absolute Gasteiger partial charge is 0.255 e. The lowest BCUT2D eigenvalue weighted by Crippen LogP contribution is -2.34. The van der Waals surface area contributed by atoms with Crippen LogP contribution in [0.25, 0.3) is 11.0 Å². The molecule has 0 aliphatic carbocycles. The molecule has 5 rings (SSSR count). The SMILES string of the molecule is O=C1CC(c2ccccc2)N(c2ccc(C(=O)Nc3ccc4[nH]c(=S)[nH]c4c3)cc2)N1. The Hall–Kier alpha value is -3.91. The van der Waals surface area contributed by atoms with Gasteiger partial charge in [0.15, 0.2) is 4.77 Å². The third-order valence-corrected chi connectivity index (χ3v) is 5.51. The van der Waals surface area contributed by atoms with Gasteiger partial charge in [-0.2, -0.15) is 0 Å². The minimum Gasteiger partial charge on any atom is -0.331 e. The number of imidazole rings is 1. The second-order valence-electron chi connectivity index (χ2n) is 7.38. The van der Waals surface area contributed by atoms with E-state index in [-0.39, 0.29) is 17.9 Å². The Kier molecular flexibility index (Phi) is 4.76. The number of aromatic nitrogens is 2. The topological polar surface area (TPSA) is 93.0 Å². The van der Waals surface area contributed by atoms with Gasteiger partial charge >= 0.3 is 0 Å². The Balaban J connectivity index is 1.34. The number of H-pyrrole nitrogens is 2. The second-order valence-corrected chi connectivity index (χ2v) is 7.78. The molecule has 3 aromatic carbocycles. The van der Waals surface area contributed by atoms with E-state index in [1.807, 2.05) is 65.7 Å². The highest BCUT2D eigenvalue weighted by Crippen LogP contribution is 2.32. The number of aromatic amines is 2. The molecule has 1 saturated heterocycles. The van der Waals surface area contributed by atoms with Crippen LogP contribution in [0.1, 0.15) is 28.4 Å². The van der Waals surface area contributed by atoms with Gasteiger partial charge in [-0.05, 0) is 60.2 Å². The number of rotatable bonds is 4. The summed E-state index contributed by atoms with van der Waals surface area (Å²) in [5, 5.41) is 4.75. The Morgan fingerprint density at radius 1 is 0.968 bits per heavy atom. The van der Waals surface area contributed by atoms with Gasteiger partial charge in [-0.25, -0.2) is 0 Å². The highest BCUT2D eigenvalue weighted by molar-refractivity contribution is 7.71. The minimum absolute atomic E-state index is 0.0325. The Morgan fingerprint density at radius 2 is 1.71 bits per heavy atom. The quantitative estimate of drug-likeness (QED) is 0.360. The molecule has 7 nitrogen and oxygen atoms in total. The first-order valence-corrected chi connectivity index (χ1v) is 10.2. The molecule has 1 unspecified atom stereocenters. The van der Waals surface area contributed by atoms with Crippen molar-refractivity contribution in [2.75, 3.05) is 10.3 Å². The monoisotopic (exact) mass is 429 g/mol. The van der Waals surface area contributed by atoms with Crippen molar-refractivity contribution in [1.29, 1.82) is 0 Å². The molecule has 0 bridgehead atoms. The summed E-state index contributed by atoms with van der Waals surface area (Å²) in [6, 6.07) is 22.5. The van der Waals surface area contributed by atoms with E-state index in [1.165, 1.54) is 0 Å². The number of benzene rings is 3. The van der Waals surface area contributed by atoms with Gasteiger partial charge in [0.1, 0.15) is 0 Å². The van der Waals surface area contributed by atoms with Crippen LogP contribution in [0.4, 0.5) is 11.4 Å². The van der Waals surface area contributed by atoms with E-state index in [1.54, 1.807) is 12.1 Å². The van der Waals surface area contributed by atoms with E-state index in [4.69, 9.17) is 12.2 Å². The fourth-order valence-corrected chi connectivity index (χ4v) is 4.02. The molecular formula is C23H19N5O2S. The third-order valence-electron chi connectivity index (χ3n) is 5.30. The molecule has 154 valence electrons. The van der Waals surface area contributed by atoms with Crippen molar-refractivity contribution >= 4 is 46.4 Å². The molecule has 0 saturated carbocycles. The standard InChI is InChI=1S/C23H19N5O2S/c29-21-13-20(14-4-2-1-3-5-14)28(27-21)17-9-6-15(7-10-17)22(30)24-16-8-11-18-19(12-16)26-23(31)25-18/h1-12,20H,13H2,(H,24,30)(H,27,29)(H2,25,26,31). The van der Waals surface area contributed by atoms with Crippen LogP contribution in [-0.2, 0) is 4.79 Å². The van der Waals surface area contributed by atoms with Gasteiger partial charge in [0.05, 0.1) is 29.2 Å². The van der Waals surface area contributed by atoms with Gasteiger partial charge in [-0.3, -0.25) is 20.0 Å². The molecule has 0 spiro atoms. The highest BCUT2D eigenvalue weighted by atomic mass is 32.1. The summed E-state index contributed by atoms with van der Waals surface area (Å²) < 4.78 is 0.539. The number of fused-ring (bicyclic) bond motifs is 1. The number of hydrogen-bond donors (Lipinski definition) is 4. The maximum atomic E-state index is 12.7. The summed E-state index contributed by atoms with van der Waals surface area (Å²) in [5.74, 6) is -0.250. The van der Waals surface area contributed by atoms with Crippen LogP contribution in [0.15, 0.2) is 72.8 Å². The maximum absolute atomic E-state index is 12.7. The summed E-state index contributed by atoms with van der Waals surface area (Å²) >= 11 is 5.10. The van der Waals surface area contributed by atoms with Crippen LogP contribution in [0.2, 0.25) is 0 Å². The van der Waals surface area contributed by atoms with Crippen molar-refractivity contribution in [1.82, 2.24) is 15.4 Å². The number of carbonyl (C=O) groups is 2. The zero-order valence-corrected chi connectivity index (χ0v) is 17.2. The molecule has 4 N–H and O–H groups in total. The molecule has 2 heterocycles. The Bertz CT molecular complexity index is 1330. The fourth-order valence-electron chi connectivity index (χ4n) is 3.80. The summed E-state index contributed by atoms with van der Waals surface area (Å²) in [6.07, 6.45) is 0.386. The number of anilines is 2. The van der Waals surface area contributed by atoms with Gasteiger partial charge in [-0.15, -0.1) is 0 Å². The molecule has 0 radical (unpaired) electrons. The summed E-state index contributed by atoms with van der Waals surface area (Å²) in [5.41, 5.74) is 7.68. The van der Waals surface area contributed by atoms with Gasteiger partial charge in [0.25, 0.3) is 5.91 Å². The number of hydrazine groups is 1. The molecule has 1 aromatic heterocycles. The summed E-state index contributed by atoms with van der Waals surface area (Å²) in [4.78, 5) is 30.8. The molecule has 2 amide bonds. The van der Waals surface area contributed by atoms with Crippen molar-refractivity contribution in [3.8, 4) is 0 Å². The second kappa shape index (κ2) is 7.73. The van der Waals surface area contributed by atoms with Crippen LogP contribution in [0.3, 0.4) is 0 Å². The molecule has 31 heavy (non-hydrogen) atoms. The lowest BCUT2D eigenvalue weighted by atomic mass is 10.0. The number of amides is 2. The van der Waals surface area contributed by atoms with Crippen LogP contribution in [0.5, 0.6) is 0 Å². The minimum atomic E-state index is -0.218. The number of nitrogens with zero attached hydrogens (tertiary/aromatic N) is 1. The van der Waals surface area contributed by atoms with Crippen LogP contribution < -0.4 is 15.8 Å². The largest absolute Gasteiger partial charge is 0.331 e. The van der Waals surface area contributed by atoms with Crippen molar-refractivity contribution in [2.45, 2.75) is 12.5 Å². The van der Waals surface area contributed by atoms with E-state index in [2.05, 4.69) is 20.7 Å². The zero-order chi connectivity index (χ0) is 21.4. The fraction of sp³-hybridized carbons (Fsp3) is 0.0870. The number of hydrogen-bond acceptors (Lipinski definition) is 4. The average Bonchev–Trinajstić information content (AvgIpc) is 3.35. The van der Waals surface area contributed by atoms with E-state index in [0.29, 0.717) is 22.4 Å². The predicted molar refractivity (Wildman–Crippen MR) is 122 cm³/mol. The van der Waals surface area contributed by atoms with Gasteiger partial charge < -0.3 is 15.3 Å². The molecular weight excluding hydrogens is 410 g/mol. The molecule has 1 aliphatic rings. The van der Waals surface area contributed by atoms with E-state index < -0.39 is 0 Å². The lowest BCUT2D eigenvalue weighted by molar-refractivity contribution is -0.119. The Labute approximate surface area is 183 Å². The first-order chi connectivity index (χ1) is 15.1. The average molecular weight is 430 g/mol. The first-order valence-electron chi connectivity index (χ1n) is 9.84. The normalized spacial score (nSPS) is 15.8. The highest BCUT2D eigenvalue weighted by Gasteiger charge is 2.31. The van der Waals surface area contributed by atoms with E-state index in [9.17, 15) is 9.59 Å². The number of nitrogens with one attached hydrogen (secondary N) is 4. The van der Waals surface area contributed by atoms with Crippen LogP contribution in [0, 0.1) is 4.77 Å². The number of carbonyl (C=O) groups excluding carboxylic acids is 2. The third kappa shape index (κ3) is 3.80. The lowest BCUT2D eigenvalue weighted by Gasteiger charge is -2.26. The zero-order valence-electron chi connectivity index (χ0n) is 16.4. The van der Waals surface area contributed by atoms with Crippen molar-refractivity contribution in [2.24, 2.45) is 0 Å². The van der Waals surface area contributed by atoms with Crippen molar-refractivity contribution in [3.05, 3.63) is 88.7 Å². The Morgan fingerprint density at radius 3 is 2.48 bits per heavy atom. The van der Waals surface area contributed by atoms with Gasteiger partial charge in [0.2, 0.25) is 5.91 Å². The molecule has 8 heteroatoms. The molecule has 1 aliphatic heterocycles. The van der Waals surface area contributed by atoms with Crippen molar-refractivity contribution < 1.29 is 9.59 Å². The summed E-state index contributed by atoms with van der Waals surface area (Å²) in [6.45, 7) is 0. The van der Waals surface area contributed by atoms with E-state index in [0.717, 1.165) is 22.3 Å². The molecule has 1 atom stereocenters. The predicted octanol–water partition coefficient (Wildman–Crippen LogP) is 4.46. The molecule has 4 aromatic rings. The van der Waals surface area contributed by atoms with Gasteiger partial charge in [0, 0.05) is 11.3 Å². The van der Waals surface area contributed by atoms with Crippen LogP contribution in [-0.4, -0.2) is 21.8 Å². The first kappa shape index (κ1) is 19.1. The molecule has 1 fully saturated rings. The maximum Gasteiger partial charge on any atom is 0.255 e. The van der Waals surface area contributed by atoms with Gasteiger partial charge in [-0.1, -0.05) is 30.3 Å². The van der Waals surface area contributed by atoms with Crippen LogP contribution >= 0.6 is 12.2 Å². The van der Waals surface area contributed by atoms with E-state index >= 15 is 0 Å². The summed E-state index contributed by atoms with van der Waals surface area (Å²) in [7, 11) is 0. The van der Waals surface area contributed by atoms with Crippen molar-refractivity contribution in [3.63, 3.8) is 0 Å².